The minimum absolute atomic E-state index is 0.0574. The van der Waals surface area contributed by atoms with Crippen LogP contribution in [0.5, 0.6) is 0 Å². The highest BCUT2D eigenvalue weighted by Gasteiger charge is 2.31. The molecule has 1 aromatic rings. The van der Waals surface area contributed by atoms with Crippen molar-refractivity contribution in [1.82, 2.24) is 5.32 Å². The van der Waals surface area contributed by atoms with E-state index in [0.29, 0.717) is 17.9 Å². The van der Waals surface area contributed by atoms with Gasteiger partial charge in [0.2, 0.25) is 5.91 Å². The zero-order valence-corrected chi connectivity index (χ0v) is 11.1. The fraction of sp³-hybridized carbons (Fsp3) is 0.417. The van der Waals surface area contributed by atoms with Gasteiger partial charge in [-0.15, -0.1) is 0 Å². The lowest BCUT2D eigenvalue weighted by atomic mass is 10.1. The van der Waals surface area contributed by atoms with E-state index in [2.05, 4.69) is 10.7 Å². The van der Waals surface area contributed by atoms with Gasteiger partial charge in [-0.2, -0.15) is 0 Å². The van der Waals surface area contributed by atoms with E-state index in [1.54, 1.807) is 13.1 Å². The Morgan fingerprint density at radius 2 is 2.25 bits per heavy atom. The summed E-state index contributed by atoms with van der Waals surface area (Å²) in [4.78, 5) is 24.2. The second-order valence-electron chi connectivity index (χ2n) is 4.61. The number of benzene rings is 1. The van der Waals surface area contributed by atoms with E-state index in [0.717, 1.165) is 12.8 Å². The van der Waals surface area contributed by atoms with Crippen LogP contribution in [0.1, 0.15) is 12.8 Å². The first-order valence-corrected chi connectivity index (χ1v) is 6.31. The lowest BCUT2D eigenvalue weighted by molar-refractivity contribution is -0.384. The van der Waals surface area contributed by atoms with Crippen LogP contribution in [-0.2, 0) is 4.79 Å². The summed E-state index contributed by atoms with van der Waals surface area (Å²) in [5.74, 6) is 5.25. The predicted molar refractivity (Wildman–Crippen MR) is 75.3 cm³/mol. The smallest absolute Gasteiger partial charge is 0.273 e. The van der Waals surface area contributed by atoms with Crippen LogP contribution >= 0.6 is 0 Å². The van der Waals surface area contributed by atoms with Crippen molar-refractivity contribution in [3.8, 4) is 0 Å². The highest BCUT2D eigenvalue weighted by Crippen LogP contribution is 2.31. The van der Waals surface area contributed by atoms with E-state index in [4.69, 9.17) is 5.84 Å². The van der Waals surface area contributed by atoms with Gasteiger partial charge >= 0.3 is 0 Å². The van der Waals surface area contributed by atoms with Crippen LogP contribution in [0.3, 0.4) is 0 Å². The highest BCUT2D eigenvalue weighted by atomic mass is 16.6. The molecule has 1 unspecified atom stereocenters. The molecule has 0 spiro atoms. The Morgan fingerprint density at radius 3 is 2.85 bits per heavy atom. The number of non-ortho nitro benzene ring substituents is 1. The van der Waals surface area contributed by atoms with Gasteiger partial charge in [0.05, 0.1) is 10.6 Å². The van der Waals surface area contributed by atoms with E-state index in [1.807, 2.05) is 4.90 Å². The molecule has 108 valence electrons. The summed E-state index contributed by atoms with van der Waals surface area (Å²) in [6.07, 6.45) is 1.60. The van der Waals surface area contributed by atoms with Gasteiger partial charge in [-0.05, 0) is 18.9 Å². The van der Waals surface area contributed by atoms with E-state index in [9.17, 15) is 14.9 Å². The number of nitrogen functional groups attached to an aromatic ring is 1. The van der Waals surface area contributed by atoms with Crippen LogP contribution in [0, 0.1) is 10.1 Å². The number of hydrazine groups is 1. The van der Waals surface area contributed by atoms with E-state index in [1.165, 1.54) is 12.1 Å². The van der Waals surface area contributed by atoms with Crippen molar-refractivity contribution in [2.75, 3.05) is 23.9 Å². The molecule has 1 heterocycles. The first kappa shape index (κ1) is 14.1. The quantitative estimate of drug-likeness (QED) is 0.422. The van der Waals surface area contributed by atoms with E-state index >= 15 is 0 Å². The monoisotopic (exact) mass is 279 g/mol. The Morgan fingerprint density at radius 1 is 1.50 bits per heavy atom. The van der Waals surface area contributed by atoms with Crippen molar-refractivity contribution >= 4 is 23.0 Å². The van der Waals surface area contributed by atoms with Crippen molar-refractivity contribution < 1.29 is 9.72 Å². The van der Waals surface area contributed by atoms with Crippen molar-refractivity contribution in [1.29, 1.82) is 0 Å². The summed E-state index contributed by atoms with van der Waals surface area (Å²) < 4.78 is 0. The number of carbonyl (C=O) groups is 1. The molecule has 2 rings (SSSR count). The number of likely N-dealkylation sites (N-methyl/N-ethyl adjacent to an activating group) is 1. The molecule has 4 N–H and O–H groups in total. The molecule has 1 aliphatic rings. The van der Waals surface area contributed by atoms with Gasteiger partial charge in [-0.25, -0.2) is 0 Å². The number of nitrogens with one attached hydrogen (secondary N) is 2. The molecule has 8 heteroatoms. The summed E-state index contributed by atoms with van der Waals surface area (Å²) in [6.45, 7) is 0.684. The molecular formula is C12H17N5O3. The van der Waals surface area contributed by atoms with Gasteiger partial charge in [0, 0.05) is 31.4 Å². The molecular weight excluding hydrogens is 262 g/mol. The summed E-state index contributed by atoms with van der Waals surface area (Å²) >= 11 is 0. The normalized spacial score (nSPS) is 17.9. The molecule has 0 saturated carbocycles. The van der Waals surface area contributed by atoms with Gasteiger partial charge < -0.3 is 15.6 Å². The predicted octanol–water partition coefficient (Wildman–Crippen LogP) is 0.595. The fourth-order valence-corrected chi connectivity index (χ4v) is 2.46. The van der Waals surface area contributed by atoms with E-state index < -0.39 is 4.92 Å². The number of nitrogens with zero attached hydrogens (tertiary/aromatic N) is 2. The molecule has 0 bridgehead atoms. The number of anilines is 2. The zero-order valence-electron chi connectivity index (χ0n) is 11.1. The average Bonchev–Trinajstić information content (AvgIpc) is 2.95. The van der Waals surface area contributed by atoms with Crippen molar-refractivity contribution in [2.24, 2.45) is 5.84 Å². The van der Waals surface area contributed by atoms with Gasteiger partial charge in [0.15, 0.2) is 0 Å². The van der Waals surface area contributed by atoms with Crippen molar-refractivity contribution in [2.45, 2.75) is 18.9 Å². The second-order valence-corrected chi connectivity index (χ2v) is 4.61. The van der Waals surface area contributed by atoms with Crippen molar-refractivity contribution in [3.63, 3.8) is 0 Å². The van der Waals surface area contributed by atoms with Gasteiger partial charge in [-0.3, -0.25) is 20.8 Å². The number of carbonyl (C=O) groups excluding carboxylic acids is 1. The molecule has 20 heavy (non-hydrogen) atoms. The highest BCUT2D eigenvalue weighted by molar-refractivity contribution is 5.86. The Hall–Kier alpha value is -2.35. The Balaban J connectivity index is 2.38. The molecule has 1 atom stereocenters. The number of nitrogens with two attached hydrogens (primary N) is 1. The molecule has 0 aromatic heterocycles. The maximum atomic E-state index is 11.8. The van der Waals surface area contributed by atoms with Crippen LogP contribution < -0.4 is 21.5 Å². The van der Waals surface area contributed by atoms with Crippen LogP contribution in [-0.4, -0.2) is 30.5 Å². The molecule has 1 fully saturated rings. The molecule has 1 saturated heterocycles. The zero-order chi connectivity index (χ0) is 14.7. The summed E-state index contributed by atoms with van der Waals surface area (Å²) in [6, 6.07) is 4.22. The number of hydrogen-bond donors (Lipinski definition) is 3. The topological polar surface area (TPSA) is 114 Å². The summed E-state index contributed by atoms with van der Waals surface area (Å²) in [5, 5.41) is 13.6. The van der Waals surface area contributed by atoms with Gasteiger partial charge in [-0.1, -0.05) is 0 Å². The summed E-state index contributed by atoms with van der Waals surface area (Å²) in [5.41, 5.74) is 3.42. The number of amides is 1. The maximum absolute atomic E-state index is 11.8. The fourth-order valence-electron chi connectivity index (χ4n) is 2.46. The molecule has 1 aliphatic heterocycles. The van der Waals surface area contributed by atoms with Gasteiger partial charge in [0.25, 0.3) is 5.69 Å². The third-order valence-corrected chi connectivity index (χ3v) is 3.41. The molecule has 0 aliphatic carbocycles. The molecule has 1 amide bonds. The number of hydrogen-bond acceptors (Lipinski definition) is 6. The third kappa shape index (κ3) is 2.64. The van der Waals surface area contributed by atoms with Crippen LogP contribution in [0.2, 0.25) is 0 Å². The van der Waals surface area contributed by atoms with Crippen LogP contribution in [0.4, 0.5) is 17.1 Å². The minimum atomic E-state index is -0.477. The largest absolute Gasteiger partial charge is 0.359 e. The average molecular weight is 279 g/mol. The molecule has 0 radical (unpaired) electrons. The lowest BCUT2D eigenvalue weighted by Crippen LogP contribution is -2.42. The summed E-state index contributed by atoms with van der Waals surface area (Å²) in [7, 11) is 1.58. The Labute approximate surface area is 116 Å². The number of nitro groups is 1. The number of nitro benzene ring substituents is 1. The van der Waals surface area contributed by atoms with Gasteiger partial charge in [0.1, 0.15) is 6.04 Å². The molecule has 8 nitrogen and oxygen atoms in total. The first-order chi connectivity index (χ1) is 9.56. The minimum Gasteiger partial charge on any atom is -0.359 e. The standard InChI is InChI=1S/C12H17N5O3/c1-14-12(18)11-3-2-4-16(11)9-5-8(15-13)6-10(7-9)17(19)20/h5-7,11,15H,2-4,13H2,1H3,(H,14,18). The Kier molecular flexibility index (Phi) is 4.04. The Bertz CT molecular complexity index is 534. The van der Waals surface area contributed by atoms with Crippen LogP contribution in [0.25, 0.3) is 0 Å². The maximum Gasteiger partial charge on any atom is 0.273 e. The van der Waals surface area contributed by atoms with E-state index in [-0.39, 0.29) is 17.6 Å². The van der Waals surface area contributed by atoms with Crippen LogP contribution in [0.15, 0.2) is 18.2 Å². The SMILES string of the molecule is CNC(=O)C1CCCN1c1cc(NN)cc([N+](=O)[O-])c1. The second kappa shape index (κ2) is 5.74. The van der Waals surface area contributed by atoms with Crippen molar-refractivity contribution in [3.05, 3.63) is 28.3 Å². The third-order valence-electron chi connectivity index (χ3n) is 3.41. The molecule has 1 aromatic carbocycles. The number of rotatable bonds is 4. The first-order valence-electron chi connectivity index (χ1n) is 6.31. The lowest BCUT2D eigenvalue weighted by Gasteiger charge is -2.25.